The highest BCUT2D eigenvalue weighted by molar-refractivity contribution is 5.51. The maximum absolute atomic E-state index is 6.50. The number of nitrogens with two attached hydrogens (primary N) is 1. The van der Waals surface area contributed by atoms with E-state index in [0.29, 0.717) is 17.9 Å². The molecule has 1 aromatic heterocycles. The van der Waals surface area contributed by atoms with Gasteiger partial charge < -0.3 is 14.7 Å². The molecule has 0 saturated heterocycles. The summed E-state index contributed by atoms with van der Waals surface area (Å²) in [5.41, 5.74) is 1.29. The standard InChI is InChI=1S/C15H13NO2.H3NO/c1-9-14-12-8-11(2-3-13(12)18-15(9)14)17-10-4-6-16-7-5-10;1-2/h2-9,14-15H,1H3;2H,1H2/t9-,14+,15+;/m0./s1. The minimum absolute atomic E-state index is 0.399. The van der Waals surface area contributed by atoms with Gasteiger partial charge >= 0.3 is 0 Å². The average Bonchev–Trinajstić information content (AvgIpc) is 2.97. The molecule has 0 amide bonds. The van der Waals surface area contributed by atoms with E-state index >= 15 is 0 Å². The molecule has 2 aliphatic rings. The maximum atomic E-state index is 6.50. The molecule has 1 aliphatic heterocycles. The summed E-state index contributed by atoms with van der Waals surface area (Å²) in [4.78, 5) is 3.97. The zero-order valence-corrected chi connectivity index (χ0v) is 11.1. The molecule has 1 saturated carbocycles. The lowest BCUT2D eigenvalue weighted by Gasteiger charge is -2.09. The lowest BCUT2D eigenvalue weighted by molar-refractivity contribution is 0.300. The lowest BCUT2D eigenvalue weighted by Crippen LogP contribution is -1.96. The van der Waals surface area contributed by atoms with E-state index in [1.807, 2.05) is 24.3 Å². The highest BCUT2D eigenvalue weighted by Crippen LogP contribution is 2.58. The third-order valence-electron chi connectivity index (χ3n) is 3.79. The topological polar surface area (TPSA) is 77.6 Å². The van der Waals surface area contributed by atoms with Gasteiger partial charge in [-0.25, -0.2) is 5.90 Å². The molecule has 5 nitrogen and oxygen atoms in total. The van der Waals surface area contributed by atoms with Crippen molar-refractivity contribution in [3.63, 3.8) is 0 Å². The van der Waals surface area contributed by atoms with Gasteiger partial charge in [0.2, 0.25) is 0 Å². The second-order valence-corrected chi connectivity index (χ2v) is 4.95. The largest absolute Gasteiger partial charge is 0.489 e. The van der Waals surface area contributed by atoms with Crippen LogP contribution >= 0.6 is 0 Å². The molecule has 3 atom stereocenters. The number of hydrogen-bond acceptors (Lipinski definition) is 5. The van der Waals surface area contributed by atoms with Crippen molar-refractivity contribution in [3.8, 4) is 17.2 Å². The number of ether oxygens (including phenoxy) is 2. The highest BCUT2D eigenvalue weighted by atomic mass is 16.5. The molecule has 5 heteroatoms. The van der Waals surface area contributed by atoms with E-state index in [0.717, 1.165) is 17.2 Å². The Morgan fingerprint density at radius 3 is 2.65 bits per heavy atom. The van der Waals surface area contributed by atoms with Crippen LogP contribution in [0, 0.1) is 5.92 Å². The molecule has 0 radical (unpaired) electrons. The zero-order chi connectivity index (χ0) is 14.1. The van der Waals surface area contributed by atoms with Crippen LogP contribution in [0.4, 0.5) is 0 Å². The third kappa shape index (κ3) is 2.11. The quantitative estimate of drug-likeness (QED) is 0.822. The Morgan fingerprint density at radius 1 is 1.15 bits per heavy atom. The molecule has 1 fully saturated rings. The fraction of sp³-hybridized carbons (Fsp3) is 0.267. The molecule has 4 rings (SSSR count). The molecule has 2 aromatic rings. The Labute approximate surface area is 116 Å². The van der Waals surface area contributed by atoms with E-state index < -0.39 is 0 Å². The first kappa shape index (κ1) is 12.9. The van der Waals surface area contributed by atoms with E-state index in [-0.39, 0.29) is 0 Å². The van der Waals surface area contributed by atoms with Gasteiger partial charge in [-0.3, -0.25) is 4.98 Å². The smallest absolute Gasteiger partial charge is 0.130 e. The van der Waals surface area contributed by atoms with Crippen molar-refractivity contribution in [1.29, 1.82) is 0 Å². The van der Waals surface area contributed by atoms with Gasteiger partial charge in [-0.2, -0.15) is 0 Å². The van der Waals surface area contributed by atoms with Crippen molar-refractivity contribution in [2.75, 3.05) is 0 Å². The van der Waals surface area contributed by atoms with Crippen LogP contribution in [0.25, 0.3) is 0 Å². The van der Waals surface area contributed by atoms with Crippen molar-refractivity contribution in [1.82, 2.24) is 4.98 Å². The number of hydrogen-bond donors (Lipinski definition) is 2. The van der Waals surface area contributed by atoms with Crippen LogP contribution in [0.1, 0.15) is 18.4 Å². The minimum Gasteiger partial charge on any atom is -0.489 e. The number of fused-ring (bicyclic) bond motifs is 3. The first-order valence-electron chi connectivity index (χ1n) is 6.47. The fourth-order valence-electron chi connectivity index (χ4n) is 2.71. The molecule has 2 heterocycles. The molecule has 3 N–H and O–H groups in total. The van der Waals surface area contributed by atoms with Gasteiger partial charge in [-0.05, 0) is 30.3 Å². The van der Waals surface area contributed by atoms with E-state index in [1.54, 1.807) is 12.4 Å². The highest BCUT2D eigenvalue weighted by Gasteiger charge is 2.55. The normalized spacial score (nSPS) is 24.6. The second-order valence-electron chi connectivity index (χ2n) is 4.95. The van der Waals surface area contributed by atoms with Crippen molar-refractivity contribution in [3.05, 3.63) is 48.3 Å². The molecule has 104 valence electrons. The van der Waals surface area contributed by atoms with Gasteiger partial charge in [0.1, 0.15) is 23.4 Å². The second kappa shape index (κ2) is 5.11. The van der Waals surface area contributed by atoms with E-state index in [9.17, 15) is 0 Å². The Hall–Kier alpha value is -2.11. The maximum Gasteiger partial charge on any atom is 0.130 e. The van der Waals surface area contributed by atoms with Crippen molar-refractivity contribution < 1.29 is 14.7 Å². The van der Waals surface area contributed by atoms with Crippen LogP contribution in [0.3, 0.4) is 0 Å². The summed E-state index contributed by atoms with van der Waals surface area (Å²) >= 11 is 0. The summed E-state index contributed by atoms with van der Waals surface area (Å²) in [7, 11) is 0. The Bertz CT molecular complexity index is 603. The monoisotopic (exact) mass is 272 g/mol. The van der Waals surface area contributed by atoms with Gasteiger partial charge in [0.25, 0.3) is 0 Å². The molecule has 0 unspecified atom stereocenters. The summed E-state index contributed by atoms with van der Waals surface area (Å²) in [6.07, 6.45) is 3.85. The molecule has 1 aliphatic carbocycles. The van der Waals surface area contributed by atoms with Gasteiger partial charge in [0.15, 0.2) is 0 Å². The van der Waals surface area contributed by atoms with Crippen LogP contribution < -0.4 is 15.4 Å². The SMILES string of the molecule is C[C@@H]1[C@H]2Oc3ccc(Oc4ccncc4)cc3[C@@H]12.NO. The summed E-state index contributed by atoms with van der Waals surface area (Å²) in [5, 5.41) is 6.50. The minimum atomic E-state index is 0.399. The van der Waals surface area contributed by atoms with Gasteiger partial charge in [-0.15, -0.1) is 0 Å². The molecular weight excluding hydrogens is 256 g/mol. The predicted octanol–water partition coefficient (Wildman–Crippen LogP) is 2.70. The van der Waals surface area contributed by atoms with Crippen LogP contribution in [-0.2, 0) is 0 Å². The summed E-state index contributed by atoms with van der Waals surface area (Å²) in [6.45, 7) is 2.23. The number of nitrogens with zero attached hydrogens (tertiary/aromatic N) is 1. The molecule has 0 bridgehead atoms. The van der Waals surface area contributed by atoms with Crippen molar-refractivity contribution in [2.24, 2.45) is 11.8 Å². The predicted molar refractivity (Wildman–Crippen MR) is 73.0 cm³/mol. The average molecular weight is 272 g/mol. The molecule has 1 aromatic carbocycles. The van der Waals surface area contributed by atoms with Crippen LogP contribution in [0.2, 0.25) is 0 Å². The first-order chi connectivity index (χ1) is 9.83. The summed E-state index contributed by atoms with van der Waals surface area (Å²) in [5.74, 6) is 7.41. The van der Waals surface area contributed by atoms with E-state index in [1.165, 1.54) is 5.56 Å². The number of benzene rings is 1. The van der Waals surface area contributed by atoms with Crippen LogP contribution in [-0.4, -0.2) is 16.3 Å². The first-order valence-corrected chi connectivity index (χ1v) is 6.47. The molecular formula is C15H16N2O3. The van der Waals surface area contributed by atoms with Gasteiger partial charge in [0, 0.05) is 29.8 Å². The van der Waals surface area contributed by atoms with Crippen molar-refractivity contribution in [2.45, 2.75) is 18.9 Å². The van der Waals surface area contributed by atoms with Crippen LogP contribution in [0.5, 0.6) is 17.2 Å². The zero-order valence-electron chi connectivity index (χ0n) is 11.1. The van der Waals surface area contributed by atoms with Gasteiger partial charge in [-0.1, -0.05) is 6.92 Å². The third-order valence-corrected chi connectivity index (χ3v) is 3.79. The Morgan fingerprint density at radius 2 is 1.90 bits per heavy atom. The van der Waals surface area contributed by atoms with E-state index in [2.05, 4.69) is 23.9 Å². The molecule has 0 spiro atoms. The number of aromatic nitrogens is 1. The Balaban J connectivity index is 0.000000581. The fourth-order valence-corrected chi connectivity index (χ4v) is 2.71. The number of pyridine rings is 1. The van der Waals surface area contributed by atoms with Crippen LogP contribution in [0.15, 0.2) is 42.7 Å². The van der Waals surface area contributed by atoms with Crippen molar-refractivity contribution >= 4 is 0 Å². The lowest BCUT2D eigenvalue weighted by atomic mass is 10.1. The Kier molecular flexibility index (Phi) is 3.30. The van der Waals surface area contributed by atoms with E-state index in [4.69, 9.17) is 14.7 Å². The molecule has 20 heavy (non-hydrogen) atoms. The summed E-state index contributed by atoms with van der Waals surface area (Å²) in [6, 6.07) is 9.77. The number of rotatable bonds is 2. The van der Waals surface area contributed by atoms with Gasteiger partial charge in [0.05, 0.1) is 0 Å². The summed E-state index contributed by atoms with van der Waals surface area (Å²) < 4.78 is 11.6.